The standard InChI is InChI=1S/C12H17N3O2.ClH/c1-8-5-11(16)10(7-14-8)12(17)15-6-9-3-2-4-13-9;/h5,7,9,13H,2-4,6H2,1H3,(H,14,16)(H,15,17);1H. The summed E-state index contributed by atoms with van der Waals surface area (Å²) in [5.74, 6) is -0.306. The summed E-state index contributed by atoms with van der Waals surface area (Å²) in [7, 11) is 0. The van der Waals surface area contributed by atoms with Crippen LogP contribution < -0.4 is 16.1 Å². The van der Waals surface area contributed by atoms with Crippen molar-refractivity contribution in [1.82, 2.24) is 15.6 Å². The van der Waals surface area contributed by atoms with Crippen LogP contribution in [-0.2, 0) is 0 Å². The molecule has 0 bridgehead atoms. The van der Waals surface area contributed by atoms with E-state index in [0.29, 0.717) is 12.6 Å². The first-order valence-corrected chi connectivity index (χ1v) is 5.88. The molecule has 1 unspecified atom stereocenters. The van der Waals surface area contributed by atoms with E-state index in [2.05, 4.69) is 15.6 Å². The van der Waals surface area contributed by atoms with Gasteiger partial charge >= 0.3 is 0 Å². The minimum absolute atomic E-state index is 0. The molecule has 2 heterocycles. The van der Waals surface area contributed by atoms with E-state index in [1.165, 1.54) is 12.3 Å². The molecule has 1 aromatic heterocycles. The predicted molar refractivity (Wildman–Crippen MR) is 72.4 cm³/mol. The van der Waals surface area contributed by atoms with E-state index >= 15 is 0 Å². The third-order valence-corrected chi connectivity index (χ3v) is 2.97. The van der Waals surface area contributed by atoms with E-state index in [9.17, 15) is 9.59 Å². The summed E-state index contributed by atoms with van der Waals surface area (Å²) in [6, 6.07) is 1.77. The lowest BCUT2D eigenvalue weighted by Gasteiger charge is -2.11. The number of rotatable bonds is 3. The number of halogens is 1. The zero-order valence-electron chi connectivity index (χ0n) is 10.3. The number of aryl methyl sites for hydroxylation is 1. The van der Waals surface area contributed by atoms with Gasteiger partial charge in [0.25, 0.3) is 5.91 Å². The van der Waals surface area contributed by atoms with Crippen molar-refractivity contribution in [3.63, 3.8) is 0 Å². The lowest BCUT2D eigenvalue weighted by Crippen LogP contribution is -2.38. The fourth-order valence-corrected chi connectivity index (χ4v) is 1.99. The maximum absolute atomic E-state index is 11.8. The molecule has 1 aromatic rings. The van der Waals surface area contributed by atoms with Gasteiger partial charge in [-0.05, 0) is 26.3 Å². The summed E-state index contributed by atoms with van der Waals surface area (Å²) in [4.78, 5) is 26.2. The number of carbonyl (C=O) groups is 1. The first-order valence-electron chi connectivity index (χ1n) is 5.88. The lowest BCUT2D eigenvalue weighted by atomic mass is 10.2. The van der Waals surface area contributed by atoms with E-state index in [-0.39, 0.29) is 29.3 Å². The van der Waals surface area contributed by atoms with Crippen molar-refractivity contribution in [2.75, 3.05) is 13.1 Å². The first-order chi connectivity index (χ1) is 8.16. The Morgan fingerprint density at radius 3 is 2.94 bits per heavy atom. The molecule has 5 nitrogen and oxygen atoms in total. The van der Waals surface area contributed by atoms with Crippen LogP contribution in [0.15, 0.2) is 17.1 Å². The average Bonchev–Trinajstić information content (AvgIpc) is 2.78. The molecule has 3 N–H and O–H groups in total. The number of aromatic nitrogens is 1. The minimum atomic E-state index is -0.306. The highest BCUT2D eigenvalue weighted by Crippen LogP contribution is 2.03. The molecule has 0 radical (unpaired) electrons. The molecule has 1 aliphatic rings. The second-order valence-electron chi connectivity index (χ2n) is 4.40. The molecule has 1 aliphatic heterocycles. The van der Waals surface area contributed by atoms with Crippen LogP contribution in [0.4, 0.5) is 0 Å². The van der Waals surface area contributed by atoms with Crippen LogP contribution >= 0.6 is 12.4 Å². The Morgan fingerprint density at radius 1 is 1.56 bits per heavy atom. The van der Waals surface area contributed by atoms with Gasteiger partial charge in [0.1, 0.15) is 5.56 Å². The maximum atomic E-state index is 11.8. The smallest absolute Gasteiger partial charge is 0.256 e. The summed E-state index contributed by atoms with van der Waals surface area (Å²) in [6.45, 7) is 3.36. The van der Waals surface area contributed by atoms with Crippen LogP contribution in [0.2, 0.25) is 0 Å². The molecule has 6 heteroatoms. The van der Waals surface area contributed by atoms with Crippen LogP contribution in [0.3, 0.4) is 0 Å². The van der Waals surface area contributed by atoms with Gasteiger partial charge in [-0.2, -0.15) is 0 Å². The molecular formula is C12H18ClN3O2. The van der Waals surface area contributed by atoms with Crippen molar-refractivity contribution in [2.45, 2.75) is 25.8 Å². The van der Waals surface area contributed by atoms with Crippen LogP contribution in [0.1, 0.15) is 28.9 Å². The van der Waals surface area contributed by atoms with Gasteiger partial charge in [0.05, 0.1) is 0 Å². The second kappa shape index (κ2) is 6.56. The Hall–Kier alpha value is -1.33. The molecule has 18 heavy (non-hydrogen) atoms. The van der Waals surface area contributed by atoms with Crippen LogP contribution in [-0.4, -0.2) is 30.0 Å². The number of hydrogen-bond donors (Lipinski definition) is 3. The fourth-order valence-electron chi connectivity index (χ4n) is 1.99. The second-order valence-corrected chi connectivity index (χ2v) is 4.40. The van der Waals surface area contributed by atoms with Crippen LogP contribution in [0.5, 0.6) is 0 Å². The fraction of sp³-hybridized carbons (Fsp3) is 0.500. The third-order valence-electron chi connectivity index (χ3n) is 2.97. The zero-order valence-corrected chi connectivity index (χ0v) is 11.1. The van der Waals surface area contributed by atoms with Gasteiger partial charge in [-0.25, -0.2) is 0 Å². The number of pyridine rings is 1. The molecular weight excluding hydrogens is 254 g/mol. The highest BCUT2D eigenvalue weighted by molar-refractivity contribution is 5.93. The van der Waals surface area contributed by atoms with Crippen LogP contribution in [0, 0.1) is 6.92 Å². The Bertz CT molecular complexity index is 467. The number of amides is 1. The Labute approximate surface area is 112 Å². The first kappa shape index (κ1) is 14.7. The summed E-state index contributed by atoms with van der Waals surface area (Å²) in [5, 5.41) is 6.07. The average molecular weight is 272 g/mol. The van der Waals surface area contributed by atoms with E-state index in [1.807, 2.05) is 0 Å². The van der Waals surface area contributed by atoms with Gasteiger partial charge in [-0.1, -0.05) is 0 Å². The van der Waals surface area contributed by atoms with Gasteiger partial charge in [0.15, 0.2) is 5.43 Å². The number of carbonyl (C=O) groups excluding carboxylic acids is 1. The number of H-pyrrole nitrogens is 1. The molecule has 1 fully saturated rings. The van der Waals surface area contributed by atoms with Gasteiger partial charge in [0.2, 0.25) is 0 Å². The molecule has 100 valence electrons. The normalized spacial score (nSPS) is 18.2. The van der Waals surface area contributed by atoms with E-state index in [1.54, 1.807) is 6.92 Å². The number of hydrogen-bond acceptors (Lipinski definition) is 3. The number of aromatic amines is 1. The third kappa shape index (κ3) is 3.58. The van der Waals surface area contributed by atoms with Crippen LogP contribution in [0.25, 0.3) is 0 Å². The zero-order chi connectivity index (χ0) is 12.3. The Morgan fingerprint density at radius 2 is 2.33 bits per heavy atom. The lowest BCUT2D eigenvalue weighted by molar-refractivity contribution is 0.0949. The Kier molecular flexibility index (Phi) is 5.37. The van der Waals surface area contributed by atoms with Gasteiger partial charge in [-0.15, -0.1) is 12.4 Å². The molecule has 1 saturated heterocycles. The minimum Gasteiger partial charge on any atom is -0.364 e. The monoisotopic (exact) mass is 271 g/mol. The summed E-state index contributed by atoms with van der Waals surface area (Å²) >= 11 is 0. The van der Waals surface area contributed by atoms with Crippen molar-refractivity contribution in [1.29, 1.82) is 0 Å². The van der Waals surface area contributed by atoms with Gasteiger partial charge < -0.3 is 15.6 Å². The molecule has 0 spiro atoms. The van der Waals surface area contributed by atoms with Gasteiger partial charge in [0, 0.05) is 30.5 Å². The number of nitrogens with one attached hydrogen (secondary N) is 3. The molecule has 1 amide bonds. The molecule has 2 rings (SSSR count). The van der Waals surface area contributed by atoms with Crippen molar-refractivity contribution in [2.24, 2.45) is 0 Å². The van der Waals surface area contributed by atoms with Crippen molar-refractivity contribution in [3.8, 4) is 0 Å². The van der Waals surface area contributed by atoms with Crippen molar-refractivity contribution >= 4 is 18.3 Å². The van der Waals surface area contributed by atoms with E-state index in [0.717, 1.165) is 25.1 Å². The van der Waals surface area contributed by atoms with Gasteiger partial charge in [-0.3, -0.25) is 9.59 Å². The highest BCUT2D eigenvalue weighted by atomic mass is 35.5. The van der Waals surface area contributed by atoms with E-state index < -0.39 is 0 Å². The summed E-state index contributed by atoms with van der Waals surface area (Å²) in [5.41, 5.74) is 0.690. The SMILES string of the molecule is Cc1cc(=O)c(C(=O)NCC2CCCN2)c[nH]1.Cl. The molecule has 0 aromatic carbocycles. The largest absolute Gasteiger partial charge is 0.364 e. The topological polar surface area (TPSA) is 74.0 Å². The molecule has 1 atom stereocenters. The van der Waals surface area contributed by atoms with Crippen molar-refractivity contribution < 1.29 is 4.79 Å². The predicted octanol–water partition coefficient (Wildman–Crippen LogP) is 0.587. The Balaban J connectivity index is 0.00000162. The quantitative estimate of drug-likeness (QED) is 0.753. The van der Waals surface area contributed by atoms with E-state index in [4.69, 9.17) is 0 Å². The summed E-state index contributed by atoms with van der Waals surface area (Å²) < 4.78 is 0. The maximum Gasteiger partial charge on any atom is 0.256 e. The highest BCUT2D eigenvalue weighted by Gasteiger charge is 2.16. The molecule has 0 aliphatic carbocycles. The molecule has 0 saturated carbocycles. The van der Waals surface area contributed by atoms with Crippen molar-refractivity contribution in [3.05, 3.63) is 33.7 Å². The summed E-state index contributed by atoms with van der Waals surface area (Å²) in [6.07, 6.45) is 3.69.